The maximum absolute atomic E-state index is 14.7. The van der Waals surface area contributed by atoms with E-state index in [0.717, 1.165) is 24.3 Å². The molecule has 0 saturated carbocycles. The fourth-order valence-electron chi connectivity index (χ4n) is 3.55. The van der Waals surface area contributed by atoms with Gasteiger partial charge in [-0.1, -0.05) is 26.5 Å². The molecule has 2 heterocycles. The van der Waals surface area contributed by atoms with Gasteiger partial charge < -0.3 is 25.0 Å². The van der Waals surface area contributed by atoms with Crippen molar-refractivity contribution >= 4 is 44.8 Å². The largest absolute Gasteiger partial charge is 0.489 e. The van der Waals surface area contributed by atoms with Crippen molar-refractivity contribution in [1.82, 2.24) is 14.9 Å². The lowest BCUT2D eigenvalue weighted by molar-refractivity contribution is -0.111. The Hall–Kier alpha value is -4.02. The van der Waals surface area contributed by atoms with Crippen LogP contribution in [0.1, 0.15) is 13.8 Å². The molecule has 0 atom stereocenters. The van der Waals surface area contributed by atoms with Crippen molar-refractivity contribution < 1.29 is 18.7 Å². The zero-order valence-corrected chi connectivity index (χ0v) is 21.5. The molecule has 4 aromatic rings. The van der Waals surface area contributed by atoms with Crippen LogP contribution in [0.3, 0.4) is 0 Å². The molecule has 0 bridgehead atoms. The third kappa shape index (κ3) is 6.81. The van der Waals surface area contributed by atoms with Crippen molar-refractivity contribution in [3.63, 3.8) is 0 Å². The highest BCUT2D eigenvalue weighted by atomic mass is 32.1. The molecule has 10 heteroatoms. The molecule has 0 unspecified atom stereocenters. The van der Waals surface area contributed by atoms with Crippen LogP contribution in [-0.4, -0.2) is 47.0 Å². The third-order valence-corrected chi connectivity index (χ3v) is 6.41. The summed E-state index contributed by atoms with van der Waals surface area (Å²) in [5.74, 6) is 0.478. The Morgan fingerprint density at radius 3 is 2.73 bits per heavy atom. The van der Waals surface area contributed by atoms with Crippen molar-refractivity contribution in [2.75, 3.05) is 36.9 Å². The molecule has 2 aromatic heterocycles. The number of nitrogens with zero attached hydrogens (tertiary/aromatic N) is 3. The van der Waals surface area contributed by atoms with Gasteiger partial charge in [-0.2, -0.15) is 4.98 Å². The predicted molar refractivity (Wildman–Crippen MR) is 146 cm³/mol. The number of thiophene rings is 1. The summed E-state index contributed by atoms with van der Waals surface area (Å²) in [6.45, 7) is 10.6. The van der Waals surface area contributed by atoms with Crippen molar-refractivity contribution in [1.29, 1.82) is 0 Å². The van der Waals surface area contributed by atoms with E-state index in [-0.39, 0.29) is 17.6 Å². The average molecular weight is 522 g/mol. The first-order valence-electron chi connectivity index (χ1n) is 11.9. The number of ether oxygens (including phenoxy) is 2. The Morgan fingerprint density at radius 2 is 1.97 bits per heavy atom. The van der Waals surface area contributed by atoms with Gasteiger partial charge in [-0.05, 0) is 54.9 Å². The van der Waals surface area contributed by atoms with Crippen molar-refractivity contribution in [3.05, 3.63) is 72.4 Å². The number of amides is 1. The summed E-state index contributed by atoms with van der Waals surface area (Å²) in [4.78, 5) is 22.9. The first-order valence-corrected chi connectivity index (χ1v) is 12.7. The summed E-state index contributed by atoms with van der Waals surface area (Å²) in [6, 6.07) is 13.4. The highest BCUT2D eigenvalue weighted by Gasteiger charge is 2.13. The molecule has 192 valence electrons. The summed E-state index contributed by atoms with van der Waals surface area (Å²) in [5, 5.41) is 7.64. The van der Waals surface area contributed by atoms with Crippen LogP contribution in [0.5, 0.6) is 17.4 Å². The molecule has 0 aliphatic carbocycles. The van der Waals surface area contributed by atoms with E-state index in [1.165, 1.54) is 23.5 Å². The number of benzene rings is 2. The third-order valence-electron chi connectivity index (χ3n) is 5.52. The minimum atomic E-state index is -0.476. The quantitative estimate of drug-likeness (QED) is 0.214. The minimum absolute atomic E-state index is 0.194. The van der Waals surface area contributed by atoms with Crippen LogP contribution in [0.25, 0.3) is 10.2 Å². The lowest BCUT2D eigenvalue weighted by Gasteiger charge is -2.18. The van der Waals surface area contributed by atoms with E-state index < -0.39 is 5.82 Å². The fourth-order valence-corrected chi connectivity index (χ4v) is 4.31. The number of carbonyl (C=O) groups is 1. The van der Waals surface area contributed by atoms with E-state index in [9.17, 15) is 9.18 Å². The Morgan fingerprint density at radius 1 is 1.14 bits per heavy atom. The number of likely N-dealkylation sites (N-methyl/N-ethyl adjacent to an activating group) is 1. The molecule has 8 nitrogen and oxygen atoms in total. The van der Waals surface area contributed by atoms with Crippen LogP contribution in [0.15, 0.2) is 66.6 Å². The second-order valence-electron chi connectivity index (χ2n) is 7.96. The molecular formula is C27H28FN5O3S. The number of nitrogens with one attached hydrogen (secondary N) is 2. The first-order chi connectivity index (χ1) is 18.0. The van der Waals surface area contributed by atoms with Crippen molar-refractivity contribution in [3.8, 4) is 17.4 Å². The minimum Gasteiger partial charge on any atom is -0.489 e. The van der Waals surface area contributed by atoms with Crippen LogP contribution in [0.2, 0.25) is 0 Å². The second-order valence-corrected chi connectivity index (χ2v) is 8.87. The smallest absolute Gasteiger partial charge is 0.247 e. The normalized spacial score (nSPS) is 10.9. The highest BCUT2D eigenvalue weighted by Crippen LogP contribution is 2.34. The van der Waals surface area contributed by atoms with E-state index >= 15 is 0 Å². The Labute approximate surface area is 218 Å². The molecule has 37 heavy (non-hydrogen) atoms. The summed E-state index contributed by atoms with van der Waals surface area (Å²) in [6.07, 6.45) is 1.19. The Bertz CT molecular complexity index is 1390. The number of rotatable bonds is 12. The van der Waals surface area contributed by atoms with Gasteiger partial charge in [0, 0.05) is 30.1 Å². The number of aromatic nitrogens is 2. The van der Waals surface area contributed by atoms with Crippen LogP contribution in [0.4, 0.5) is 21.7 Å². The van der Waals surface area contributed by atoms with Gasteiger partial charge in [-0.15, -0.1) is 11.3 Å². The monoisotopic (exact) mass is 521 g/mol. The van der Waals surface area contributed by atoms with Gasteiger partial charge in [0.2, 0.25) is 17.7 Å². The lowest BCUT2D eigenvalue weighted by Crippen LogP contribution is -2.28. The summed E-state index contributed by atoms with van der Waals surface area (Å²) >= 11 is 1.44. The number of fused-ring (bicyclic) bond motifs is 1. The molecule has 2 N–H and O–H groups in total. The lowest BCUT2D eigenvalue weighted by atomic mass is 10.3. The van der Waals surface area contributed by atoms with Crippen LogP contribution < -0.4 is 20.1 Å². The van der Waals surface area contributed by atoms with Gasteiger partial charge in [0.1, 0.15) is 17.1 Å². The fraction of sp³-hybridized carbons (Fsp3) is 0.222. The van der Waals surface area contributed by atoms with Gasteiger partial charge in [-0.3, -0.25) is 4.79 Å². The number of carbonyl (C=O) groups excluding carboxylic acids is 1. The molecule has 2 aromatic carbocycles. The van der Waals surface area contributed by atoms with E-state index in [1.807, 2.05) is 11.4 Å². The van der Waals surface area contributed by atoms with Crippen LogP contribution >= 0.6 is 11.3 Å². The maximum Gasteiger partial charge on any atom is 0.247 e. The summed E-state index contributed by atoms with van der Waals surface area (Å²) in [7, 11) is 0. The number of hydrogen-bond donors (Lipinski definition) is 2. The van der Waals surface area contributed by atoms with Crippen LogP contribution in [0, 0.1) is 5.82 Å². The SMILES string of the molecule is C=CC(=O)Nc1cccc(Oc2nc(Nc3ccc(OCCN(CC)CC)c(F)c3)nc3ccsc23)c1. The molecular weight excluding hydrogens is 493 g/mol. The van der Waals surface area contributed by atoms with Gasteiger partial charge in [0.25, 0.3) is 0 Å². The van der Waals surface area contributed by atoms with E-state index in [0.29, 0.717) is 35.1 Å². The van der Waals surface area contributed by atoms with Crippen molar-refractivity contribution in [2.45, 2.75) is 13.8 Å². The van der Waals surface area contributed by atoms with Gasteiger partial charge in [0.05, 0.1) is 5.52 Å². The highest BCUT2D eigenvalue weighted by molar-refractivity contribution is 7.17. The van der Waals surface area contributed by atoms with E-state index in [1.54, 1.807) is 36.4 Å². The molecule has 1 amide bonds. The molecule has 0 aliphatic rings. The number of hydrogen-bond acceptors (Lipinski definition) is 8. The molecule has 4 rings (SSSR count). The second kappa shape index (κ2) is 12.3. The van der Waals surface area contributed by atoms with Crippen molar-refractivity contribution in [2.24, 2.45) is 0 Å². The standard InChI is InChI=1S/C27H28FN5O3S/c1-4-24(34)29-18-8-7-9-20(16-18)36-26-25-22(12-15-37-25)31-27(32-26)30-19-10-11-23(21(28)17-19)35-14-13-33(5-2)6-3/h4,7-12,15-17H,1,5-6,13-14H2,2-3H3,(H,29,34)(H,30,31,32). The zero-order chi connectivity index (χ0) is 26.2. The summed E-state index contributed by atoms with van der Waals surface area (Å²) < 4.78 is 27.1. The van der Waals surface area contributed by atoms with Gasteiger partial charge >= 0.3 is 0 Å². The summed E-state index contributed by atoms with van der Waals surface area (Å²) in [5.41, 5.74) is 1.72. The molecule has 0 saturated heterocycles. The maximum atomic E-state index is 14.7. The molecule has 0 spiro atoms. The van der Waals surface area contributed by atoms with Gasteiger partial charge in [0.15, 0.2) is 11.6 Å². The number of anilines is 3. The molecule has 0 fully saturated rings. The van der Waals surface area contributed by atoms with E-state index in [2.05, 4.69) is 45.9 Å². The van der Waals surface area contributed by atoms with Crippen LogP contribution in [-0.2, 0) is 4.79 Å². The molecule has 0 radical (unpaired) electrons. The topological polar surface area (TPSA) is 88.6 Å². The molecule has 0 aliphatic heterocycles. The Kier molecular flexibility index (Phi) is 8.65. The zero-order valence-electron chi connectivity index (χ0n) is 20.7. The van der Waals surface area contributed by atoms with Gasteiger partial charge in [-0.25, -0.2) is 9.37 Å². The Balaban J connectivity index is 1.50. The average Bonchev–Trinajstić information content (AvgIpc) is 3.37. The van der Waals surface area contributed by atoms with E-state index in [4.69, 9.17) is 9.47 Å². The number of halogens is 1. The first kappa shape index (κ1) is 26.1. The predicted octanol–water partition coefficient (Wildman–Crippen LogP) is 6.21.